The number of hydrogen-bond donors (Lipinski definition) is 4. The predicted octanol–water partition coefficient (Wildman–Crippen LogP) is -0.446. The molecule has 0 aromatic heterocycles. The Morgan fingerprint density at radius 1 is 1.83 bits per heavy atom. The number of carbonyl (C=O) groups is 1. The van der Waals surface area contributed by atoms with Gasteiger partial charge in [-0.2, -0.15) is 0 Å². The zero-order chi connectivity index (χ0) is 9.56. The van der Waals surface area contributed by atoms with Gasteiger partial charge in [-0.3, -0.25) is 0 Å². The third-order valence-corrected chi connectivity index (χ3v) is 1.27. The quantitative estimate of drug-likeness (QED) is 0.342. The third kappa shape index (κ3) is 4.37. The van der Waals surface area contributed by atoms with Crippen molar-refractivity contribution in [1.29, 1.82) is 5.53 Å². The molecule has 0 spiro atoms. The van der Waals surface area contributed by atoms with Crippen molar-refractivity contribution in [2.45, 2.75) is 19.1 Å². The highest BCUT2D eigenvalue weighted by Gasteiger charge is 2.17. The number of aliphatic hydroxyl groups excluding tert-OH is 1. The largest absolute Gasteiger partial charge is 0.465 e. The van der Waals surface area contributed by atoms with Crippen LogP contribution in [0.15, 0.2) is 5.11 Å². The maximum absolute atomic E-state index is 10.1. The molecule has 0 aromatic rings. The van der Waals surface area contributed by atoms with Gasteiger partial charge in [0.25, 0.3) is 0 Å². The molecule has 68 valence electrons. The second-order valence-corrected chi connectivity index (χ2v) is 2.23. The van der Waals surface area contributed by atoms with Crippen molar-refractivity contribution in [2.24, 2.45) is 5.11 Å². The van der Waals surface area contributed by atoms with Crippen LogP contribution in [0.5, 0.6) is 0 Å². The minimum absolute atomic E-state index is 0.0784. The molecular weight excluding hydrogens is 164 g/mol. The topological polar surface area (TPSA) is 120 Å². The van der Waals surface area contributed by atoms with Crippen LogP contribution in [0, 0.1) is 5.53 Å². The summed E-state index contributed by atoms with van der Waals surface area (Å²) < 4.78 is 0. The van der Waals surface area contributed by atoms with Gasteiger partial charge in [0.1, 0.15) is 16.7 Å². The highest BCUT2D eigenvalue weighted by Crippen LogP contribution is 1.92. The molecule has 1 amide bonds. The molecule has 7 nitrogen and oxygen atoms in total. The molecule has 0 rings (SSSR count). The first kappa shape index (κ1) is 10.5. The second-order valence-electron chi connectivity index (χ2n) is 2.23. The first-order valence-electron chi connectivity index (χ1n) is 3.28. The van der Waals surface area contributed by atoms with E-state index in [2.05, 4.69) is 15.3 Å². The average molecular weight is 175 g/mol. The van der Waals surface area contributed by atoms with Crippen LogP contribution in [-0.2, 0) is 0 Å². The number of aliphatic hydroxyl groups is 1. The van der Waals surface area contributed by atoms with E-state index in [1.807, 2.05) is 0 Å². The number of amides is 1. The highest BCUT2D eigenvalue weighted by molar-refractivity contribution is 5.64. The van der Waals surface area contributed by atoms with E-state index in [4.69, 9.17) is 15.7 Å². The van der Waals surface area contributed by atoms with Crippen molar-refractivity contribution < 1.29 is 15.0 Å². The molecule has 0 aliphatic heterocycles. The van der Waals surface area contributed by atoms with Crippen LogP contribution < -0.4 is 10.2 Å². The van der Waals surface area contributed by atoms with Crippen molar-refractivity contribution in [3.63, 3.8) is 0 Å². The van der Waals surface area contributed by atoms with Gasteiger partial charge in [0.05, 0.1) is 6.04 Å². The molecule has 7 heteroatoms. The molecule has 0 saturated heterocycles. The van der Waals surface area contributed by atoms with Gasteiger partial charge >= 0.3 is 6.09 Å². The first-order valence-corrected chi connectivity index (χ1v) is 3.28. The Morgan fingerprint density at radius 2 is 2.42 bits per heavy atom. The zero-order valence-corrected chi connectivity index (χ0v) is 6.56. The van der Waals surface area contributed by atoms with Crippen molar-refractivity contribution in [2.75, 3.05) is 6.54 Å². The van der Waals surface area contributed by atoms with Crippen LogP contribution in [0.3, 0.4) is 0 Å². The molecule has 0 saturated carbocycles. The number of hydrogen-bond acceptors (Lipinski definition) is 4. The van der Waals surface area contributed by atoms with Crippen LogP contribution in [0.2, 0.25) is 0 Å². The standard InChI is InChI=1S/C5H10N4O3/c1-3(8-5(11)12)4(10)2-7-9-6/h3-4,6,8,10H,2H2,1H3/p+1. The van der Waals surface area contributed by atoms with Crippen LogP contribution in [-0.4, -0.2) is 35.0 Å². The summed E-state index contributed by atoms with van der Waals surface area (Å²) in [6, 6.07) is -0.618. The van der Waals surface area contributed by atoms with Crippen LogP contribution in [0.25, 0.3) is 0 Å². The lowest BCUT2D eigenvalue weighted by Gasteiger charge is -2.14. The molecule has 2 unspecified atom stereocenters. The molecule has 0 bridgehead atoms. The normalized spacial score (nSPS) is 14.2. The Kier molecular flexibility index (Phi) is 4.59. The maximum atomic E-state index is 10.1. The summed E-state index contributed by atoms with van der Waals surface area (Å²) in [6.07, 6.45) is -2.15. The Morgan fingerprint density at radius 3 is 2.83 bits per heavy atom. The SMILES string of the molecule is CC(NC(=O)O)C(O)CN=[N+]=N. The number of carboxylic acid groups (broad SMARTS) is 1. The second kappa shape index (κ2) is 5.22. The summed E-state index contributed by atoms with van der Waals surface area (Å²) in [7, 11) is 0. The van der Waals surface area contributed by atoms with Crippen molar-refractivity contribution >= 4 is 6.09 Å². The van der Waals surface area contributed by atoms with E-state index in [1.165, 1.54) is 6.92 Å². The lowest BCUT2D eigenvalue weighted by molar-refractivity contribution is 0.131. The van der Waals surface area contributed by atoms with Gasteiger partial charge < -0.3 is 15.5 Å². The van der Waals surface area contributed by atoms with Crippen molar-refractivity contribution in [3.05, 3.63) is 0 Å². The van der Waals surface area contributed by atoms with E-state index < -0.39 is 18.2 Å². The molecule has 0 aliphatic rings. The fourth-order valence-electron chi connectivity index (χ4n) is 0.574. The van der Waals surface area contributed by atoms with E-state index in [0.717, 1.165) is 0 Å². The average Bonchev–Trinajstić information content (AvgIpc) is 1.98. The Balaban J connectivity index is 3.83. The van der Waals surface area contributed by atoms with E-state index in [-0.39, 0.29) is 6.54 Å². The van der Waals surface area contributed by atoms with Gasteiger partial charge in [-0.25, -0.2) is 4.79 Å². The van der Waals surface area contributed by atoms with E-state index in [9.17, 15) is 4.79 Å². The molecular formula is C5H11N4O3+. The Bertz CT molecular complexity index is 193. The van der Waals surface area contributed by atoms with Gasteiger partial charge in [-0.1, -0.05) is 0 Å². The summed E-state index contributed by atoms with van der Waals surface area (Å²) >= 11 is 0. The molecule has 0 heterocycles. The lowest BCUT2D eigenvalue weighted by Crippen LogP contribution is -2.41. The fraction of sp³-hybridized carbons (Fsp3) is 0.800. The zero-order valence-electron chi connectivity index (χ0n) is 6.56. The number of rotatable bonds is 4. The minimum Gasteiger partial charge on any atom is -0.465 e. The molecule has 4 N–H and O–H groups in total. The van der Waals surface area contributed by atoms with Crippen molar-refractivity contribution in [1.82, 2.24) is 10.2 Å². The summed E-state index contributed by atoms with van der Waals surface area (Å²) in [4.78, 5) is 12.8. The summed E-state index contributed by atoms with van der Waals surface area (Å²) in [5.74, 6) is 0. The Hall–Kier alpha value is -1.46. The molecule has 12 heavy (non-hydrogen) atoms. The summed E-state index contributed by atoms with van der Waals surface area (Å²) in [6.45, 7) is 1.42. The van der Waals surface area contributed by atoms with Gasteiger partial charge in [-0.05, 0) is 6.92 Å². The van der Waals surface area contributed by atoms with Gasteiger partial charge in [0, 0.05) is 0 Å². The molecule has 0 fully saturated rings. The number of nitrogens with zero attached hydrogens (tertiary/aromatic N) is 2. The monoisotopic (exact) mass is 175 g/mol. The van der Waals surface area contributed by atoms with Crippen LogP contribution >= 0.6 is 0 Å². The predicted molar refractivity (Wildman–Crippen MR) is 38.8 cm³/mol. The third-order valence-electron chi connectivity index (χ3n) is 1.27. The molecule has 0 radical (unpaired) electrons. The molecule has 2 atom stereocenters. The summed E-state index contributed by atoms with van der Waals surface area (Å²) in [5.41, 5.74) is 6.29. The van der Waals surface area contributed by atoms with E-state index >= 15 is 0 Å². The minimum atomic E-state index is -1.20. The smallest absolute Gasteiger partial charge is 0.404 e. The number of nitrogens with one attached hydrogen (secondary N) is 2. The van der Waals surface area contributed by atoms with Gasteiger partial charge in [-0.15, -0.1) is 0 Å². The maximum Gasteiger partial charge on any atom is 0.404 e. The van der Waals surface area contributed by atoms with Crippen LogP contribution in [0.4, 0.5) is 4.79 Å². The molecule has 0 aliphatic carbocycles. The lowest BCUT2D eigenvalue weighted by atomic mass is 10.2. The van der Waals surface area contributed by atoms with Gasteiger partial charge in [0.2, 0.25) is 4.91 Å². The first-order chi connectivity index (χ1) is 5.57. The Labute approximate surface area is 68.6 Å². The molecule has 0 aromatic carbocycles. The van der Waals surface area contributed by atoms with Crippen LogP contribution in [0.1, 0.15) is 6.92 Å². The van der Waals surface area contributed by atoms with E-state index in [0.29, 0.717) is 0 Å². The highest BCUT2D eigenvalue weighted by atomic mass is 16.4. The fourth-order valence-corrected chi connectivity index (χ4v) is 0.574. The van der Waals surface area contributed by atoms with Gasteiger partial charge in [0.15, 0.2) is 6.54 Å². The summed E-state index contributed by atoms with van der Waals surface area (Å²) in [5, 5.41) is 22.6. The van der Waals surface area contributed by atoms with Crippen molar-refractivity contribution in [3.8, 4) is 0 Å². The van der Waals surface area contributed by atoms with E-state index in [1.54, 1.807) is 0 Å².